The van der Waals surface area contributed by atoms with Crippen molar-refractivity contribution in [3.8, 4) is 11.3 Å². The molecule has 2 N–H and O–H groups in total. The second kappa shape index (κ2) is 6.19. The van der Waals surface area contributed by atoms with E-state index in [4.69, 9.17) is 4.74 Å². The van der Waals surface area contributed by atoms with Crippen molar-refractivity contribution >= 4 is 12.0 Å². The minimum Gasteiger partial charge on any atom is -0.441 e. The van der Waals surface area contributed by atoms with Crippen molar-refractivity contribution < 1.29 is 14.3 Å². The van der Waals surface area contributed by atoms with Crippen LogP contribution in [0.2, 0.25) is 0 Å². The SMILES string of the molecule is O=C1NC[C@]2(CCCN(C(=O)c3cc(-c4ccncc4)n[nH]3)CC2)O1. The molecule has 2 saturated heterocycles. The molecule has 1 atom stereocenters. The number of nitrogens with zero attached hydrogens (tertiary/aromatic N) is 3. The molecule has 0 radical (unpaired) electrons. The van der Waals surface area contributed by atoms with Gasteiger partial charge in [-0.15, -0.1) is 0 Å². The predicted octanol–water partition coefficient (Wildman–Crippen LogP) is 1.58. The van der Waals surface area contributed by atoms with E-state index in [-0.39, 0.29) is 12.0 Å². The Morgan fingerprint density at radius 2 is 2.08 bits per heavy atom. The average molecular weight is 341 g/mol. The molecule has 8 heteroatoms. The summed E-state index contributed by atoms with van der Waals surface area (Å²) in [5, 5.41) is 9.78. The van der Waals surface area contributed by atoms with E-state index in [1.165, 1.54) is 0 Å². The van der Waals surface area contributed by atoms with Crippen LogP contribution in [0.5, 0.6) is 0 Å². The summed E-state index contributed by atoms with van der Waals surface area (Å²) in [5.41, 5.74) is 1.61. The van der Waals surface area contributed by atoms with Crippen LogP contribution >= 0.6 is 0 Å². The van der Waals surface area contributed by atoms with Crippen LogP contribution < -0.4 is 5.32 Å². The van der Waals surface area contributed by atoms with E-state index in [1.54, 1.807) is 23.4 Å². The lowest BCUT2D eigenvalue weighted by Gasteiger charge is -2.24. The molecule has 1 spiro atoms. The van der Waals surface area contributed by atoms with Crippen molar-refractivity contribution in [3.63, 3.8) is 0 Å². The molecule has 2 amide bonds. The van der Waals surface area contributed by atoms with Crippen LogP contribution in [-0.4, -0.2) is 57.3 Å². The average Bonchev–Trinajstić information content (AvgIpc) is 3.20. The fraction of sp³-hybridized carbons (Fsp3) is 0.412. The van der Waals surface area contributed by atoms with Gasteiger partial charge in [0.25, 0.3) is 5.91 Å². The second-order valence-electron chi connectivity index (χ2n) is 6.47. The third-order valence-electron chi connectivity index (χ3n) is 4.83. The molecule has 0 bridgehead atoms. The first-order chi connectivity index (χ1) is 12.2. The number of H-pyrrole nitrogens is 1. The summed E-state index contributed by atoms with van der Waals surface area (Å²) in [5.74, 6) is -0.0814. The molecular weight excluding hydrogens is 322 g/mol. The van der Waals surface area contributed by atoms with Gasteiger partial charge in [-0.05, 0) is 31.0 Å². The van der Waals surface area contributed by atoms with Crippen LogP contribution in [0.4, 0.5) is 4.79 Å². The summed E-state index contributed by atoms with van der Waals surface area (Å²) in [6, 6.07) is 5.46. The van der Waals surface area contributed by atoms with Crippen molar-refractivity contribution in [2.24, 2.45) is 0 Å². The number of nitrogens with one attached hydrogen (secondary N) is 2. The third kappa shape index (κ3) is 3.07. The summed E-state index contributed by atoms with van der Waals surface area (Å²) in [6.45, 7) is 1.71. The Bertz CT molecular complexity index is 791. The Hall–Kier alpha value is -2.90. The number of hydrogen-bond acceptors (Lipinski definition) is 5. The van der Waals surface area contributed by atoms with Crippen LogP contribution in [0.15, 0.2) is 30.6 Å². The Labute approximate surface area is 144 Å². The smallest absolute Gasteiger partial charge is 0.407 e. The van der Waals surface area contributed by atoms with E-state index >= 15 is 0 Å². The number of alkyl carbamates (subject to hydrolysis) is 1. The topological polar surface area (TPSA) is 100 Å². The van der Waals surface area contributed by atoms with Crippen LogP contribution in [-0.2, 0) is 4.74 Å². The van der Waals surface area contributed by atoms with Gasteiger partial charge >= 0.3 is 6.09 Å². The minimum atomic E-state index is -0.470. The van der Waals surface area contributed by atoms with Gasteiger partial charge in [-0.25, -0.2) is 4.79 Å². The molecule has 4 heterocycles. The van der Waals surface area contributed by atoms with E-state index in [9.17, 15) is 9.59 Å². The van der Waals surface area contributed by atoms with Crippen LogP contribution in [0.1, 0.15) is 29.8 Å². The summed E-state index contributed by atoms with van der Waals surface area (Å²) < 4.78 is 5.45. The fourth-order valence-electron chi connectivity index (χ4n) is 3.42. The lowest BCUT2D eigenvalue weighted by atomic mass is 9.95. The first-order valence-electron chi connectivity index (χ1n) is 8.37. The van der Waals surface area contributed by atoms with Gasteiger partial charge in [0.1, 0.15) is 11.3 Å². The number of hydrogen-bond donors (Lipinski definition) is 2. The highest BCUT2D eigenvalue weighted by Gasteiger charge is 2.42. The number of likely N-dealkylation sites (tertiary alicyclic amines) is 1. The highest BCUT2D eigenvalue weighted by Crippen LogP contribution is 2.29. The van der Waals surface area contributed by atoms with E-state index < -0.39 is 5.60 Å². The van der Waals surface area contributed by atoms with E-state index in [0.29, 0.717) is 37.4 Å². The van der Waals surface area contributed by atoms with Gasteiger partial charge in [0.2, 0.25) is 0 Å². The maximum atomic E-state index is 12.8. The van der Waals surface area contributed by atoms with Crippen molar-refractivity contribution in [2.75, 3.05) is 19.6 Å². The monoisotopic (exact) mass is 341 g/mol. The molecular formula is C17H19N5O3. The molecule has 25 heavy (non-hydrogen) atoms. The Kier molecular flexibility index (Phi) is 3.87. The van der Waals surface area contributed by atoms with Gasteiger partial charge in [0, 0.05) is 37.5 Å². The third-order valence-corrected chi connectivity index (χ3v) is 4.83. The number of rotatable bonds is 2. The molecule has 2 aromatic rings. The number of ether oxygens (including phenoxy) is 1. The highest BCUT2D eigenvalue weighted by molar-refractivity contribution is 5.93. The van der Waals surface area contributed by atoms with Crippen molar-refractivity contribution in [1.82, 2.24) is 25.4 Å². The number of pyridine rings is 1. The quantitative estimate of drug-likeness (QED) is 0.864. The normalized spacial score (nSPS) is 23.2. The Balaban J connectivity index is 1.46. The molecule has 8 nitrogen and oxygen atoms in total. The number of amides is 2. The van der Waals surface area contributed by atoms with E-state index in [1.807, 2.05) is 12.1 Å². The number of carbonyl (C=O) groups is 2. The summed E-state index contributed by atoms with van der Waals surface area (Å²) in [7, 11) is 0. The second-order valence-corrected chi connectivity index (χ2v) is 6.47. The van der Waals surface area contributed by atoms with Gasteiger partial charge in [-0.3, -0.25) is 14.9 Å². The van der Waals surface area contributed by atoms with E-state index in [0.717, 1.165) is 18.4 Å². The lowest BCUT2D eigenvalue weighted by molar-refractivity contribution is 0.0438. The largest absolute Gasteiger partial charge is 0.441 e. The maximum absolute atomic E-state index is 12.8. The molecule has 2 aliphatic heterocycles. The zero-order valence-corrected chi connectivity index (χ0v) is 13.7. The molecule has 2 aliphatic rings. The zero-order chi connectivity index (χ0) is 17.3. The number of aromatic nitrogens is 3. The van der Waals surface area contributed by atoms with Gasteiger partial charge in [0.05, 0.1) is 12.2 Å². The van der Waals surface area contributed by atoms with Crippen molar-refractivity contribution in [2.45, 2.75) is 24.9 Å². The van der Waals surface area contributed by atoms with Gasteiger partial charge < -0.3 is 15.0 Å². The summed E-state index contributed by atoms with van der Waals surface area (Å²) >= 11 is 0. The number of carbonyl (C=O) groups excluding carboxylic acids is 2. The van der Waals surface area contributed by atoms with E-state index in [2.05, 4.69) is 20.5 Å². The number of aromatic amines is 1. The molecule has 4 rings (SSSR count). The molecule has 0 saturated carbocycles. The van der Waals surface area contributed by atoms with Crippen LogP contribution in [0, 0.1) is 0 Å². The van der Waals surface area contributed by atoms with Crippen LogP contribution in [0.3, 0.4) is 0 Å². The van der Waals surface area contributed by atoms with Crippen molar-refractivity contribution in [3.05, 3.63) is 36.3 Å². The fourth-order valence-corrected chi connectivity index (χ4v) is 3.42. The summed E-state index contributed by atoms with van der Waals surface area (Å²) in [4.78, 5) is 29.9. The molecule has 0 unspecified atom stereocenters. The van der Waals surface area contributed by atoms with Gasteiger partial charge in [0.15, 0.2) is 0 Å². The predicted molar refractivity (Wildman–Crippen MR) is 88.8 cm³/mol. The lowest BCUT2D eigenvalue weighted by Crippen LogP contribution is -2.36. The summed E-state index contributed by atoms with van der Waals surface area (Å²) in [6.07, 6.45) is 5.22. The zero-order valence-electron chi connectivity index (χ0n) is 13.7. The Morgan fingerprint density at radius 3 is 2.84 bits per heavy atom. The highest BCUT2D eigenvalue weighted by atomic mass is 16.6. The molecule has 2 fully saturated rings. The first kappa shape index (κ1) is 15.6. The standard InChI is InChI=1S/C17H19N5O3/c23-15(14-10-13(20-21-14)12-2-6-18-7-3-12)22-8-1-4-17(5-9-22)11-19-16(24)25-17/h2-3,6-7,10H,1,4-5,8-9,11H2,(H,19,24)(H,20,21)/t17-/m1/s1. The van der Waals surface area contributed by atoms with Gasteiger partial charge in [-0.2, -0.15) is 5.10 Å². The maximum Gasteiger partial charge on any atom is 0.407 e. The molecule has 0 aliphatic carbocycles. The van der Waals surface area contributed by atoms with Crippen LogP contribution in [0.25, 0.3) is 11.3 Å². The van der Waals surface area contributed by atoms with Crippen molar-refractivity contribution in [1.29, 1.82) is 0 Å². The molecule has 130 valence electrons. The molecule has 0 aromatic carbocycles. The van der Waals surface area contributed by atoms with Gasteiger partial charge in [-0.1, -0.05) is 0 Å². The molecule has 2 aromatic heterocycles. The Morgan fingerprint density at radius 1 is 1.24 bits per heavy atom. The first-order valence-corrected chi connectivity index (χ1v) is 8.37. The minimum absolute atomic E-state index is 0.0814.